The molecule has 3 nitrogen and oxygen atoms in total. The summed E-state index contributed by atoms with van der Waals surface area (Å²) in [5.41, 5.74) is 2.88. The minimum atomic E-state index is 0.771. The van der Waals surface area contributed by atoms with Crippen LogP contribution in [0.1, 0.15) is 30.4 Å². The van der Waals surface area contributed by atoms with Gasteiger partial charge in [-0.25, -0.2) is 0 Å². The molecule has 2 rings (SSSR count). The van der Waals surface area contributed by atoms with E-state index in [0.717, 1.165) is 38.7 Å². The van der Waals surface area contributed by atoms with E-state index in [9.17, 15) is 0 Å². The van der Waals surface area contributed by atoms with Gasteiger partial charge in [-0.3, -0.25) is 0 Å². The van der Waals surface area contributed by atoms with Crippen LogP contribution < -0.4 is 5.32 Å². The lowest BCUT2D eigenvalue weighted by Gasteiger charge is -2.19. The zero-order valence-corrected chi connectivity index (χ0v) is 12.2. The number of nitrogens with zero attached hydrogens (tertiary/aromatic N) is 1. The predicted molar refractivity (Wildman–Crippen MR) is 79.1 cm³/mol. The van der Waals surface area contributed by atoms with Crippen LogP contribution in [-0.2, 0) is 17.8 Å². The summed E-state index contributed by atoms with van der Waals surface area (Å²) >= 11 is 0. The lowest BCUT2D eigenvalue weighted by molar-refractivity contribution is 0.178. The fourth-order valence-corrected chi connectivity index (χ4v) is 2.27. The number of rotatable bonds is 9. The molecule has 0 bridgehead atoms. The molecule has 0 amide bonds. The zero-order valence-electron chi connectivity index (χ0n) is 12.2. The summed E-state index contributed by atoms with van der Waals surface area (Å²) in [4.78, 5) is 2.37. The van der Waals surface area contributed by atoms with Crippen LogP contribution in [0, 0.1) is 0 Å². The Labute approximate surface area is 116 Å². The van der Waals surface area contributed by atoms with Crippen LogP contribution >= 0.6 is 0 Å². The molecule has 1 aliphatic carbocycles. The maximum atomic E-state index is 5.10. The summed E-state index contributed by atoms with van der Waals surface area (Å²) in [6.45, 7) is 3.95. The molecule has 106 valence electrons. The Morgan fingerprint density at radius 2 is 2.00 bits per heavy atom. The number of ether oxygens (including phenoxy) is 1. The Kier molecular flexibility index (Phi) is 5.83. The summed E-state index contributed by atoms with van der Waals surface area (Å²) in [7, 11) is 3.94. The van der Waals surface area contributed by atoms with Crippen molar-refractivity contribution in [1.82, 2.24) is 10.2 Å². The van der Waals surface area contributed by atoms with Crippen LogP contribution in [0.25, 0.3) is 0 Å². The second-order valence-electron chi connectivity index (χ2n) is 5.51. The molecule has 19 heavy (non-hydrogen) atoms. The molecule has 1 aromatic carbocycles. The SMILES string of the molecule is COCCCN(C)Cc1ccccc1CNC1CC1. The quantitative estimate of drug-likeness (QED) is 0.692. The summed E-state index contributed by atoms with van der Waals surface area (Å²) in [5.74, 6) is 0. The van der Waals surface area contributed by atoms with Crippen molar-refractivity contribution in [2.75, 3.05) is 27.3 Å². The smallest absolute Gasteiger partial charge is 0.0474 e. The second-order valence-corrected chi connectivity index (χ2v) is 5.51. The summed E-state index contributed by atoms with van der Waals surface area (Å²) in [6.07, 6.45) is 3.79. The molecule has 0 unspecified atom stereocenters. The fraction of sp³-hybridized carbons (Fsp3) is 0.625. The highest BCUT2D eigenvalue weighted by Gasteiger charge is 2.20. The molecule has 0 radical (unpaired) electrons. The molecule has 1 saturated carbocycles. The van der Waals surface area contributed by atoms with Gasteiger partial charge in [0, 0.05) is 39.4 Å². The van der Waals surface area contributed by atoms with Crippen LogP contribution in [0.15, 0.2) is 24.3 Å². The topological polar surface area (TPSA) is 24.5 Å². The third kappa shape index (κ3) is 5.31. The summed E-state index contributed by atoms with van der Waals surface area (Å²) in [6, 6.07) is 9.54. The first-order chi connectivity index (χ1) is 9.29. The Hall–Kier alpha value is -0.900. The van der Waals surface area contributed by atoms with E-state index in [1.54, 1.807) is 7.11 Å². The molecule has 0 atom stereocenters. The van der Waals surface area contributed by atoms with Crippen LogP contribution in [0.4, 0.5) is 0 Å². The van der Waals surface area contributed by atoms with Crippen LogP contribution in [-0.4, -0.2) is 38.3 Å². The van der Waals surface area contributed by atoms with E-state index in [0.29, 0.717) is 0 Å². The van der Waals surface area contributed by atoms with Crippen molar-refractivity contribution < 1.29 is 4.74 Å². The first kappa shape index (κ1) is 14.5. The van der Waals surface area contributed by atoms with Gasteiger partial charge < -0.3 is 15.0 Å². The van der Waals surface area contributed by atoms with Crippen molar-refractivity contribution in [2.45, 2.75) is 38.4 Å². The van der Waals surface area contributed by atoms with Gasteiger partial charge >= 0.3 is 0 Å². The molecule has 0 aliphatic heterocycles. The largest absolute Gasteiger partial charge is 0.385 e. The maximum Gasteiger partial charge on any atom is 0.0474 e. The molecule has 0 saturated heterocycles. The van der Waals surface area contributed by atoms with E-state index in [-0.39, 0.29) is 0 Å². The Bertz CT molecular complexity index is 377. The number of methoxy groups -OCH3 is 1. The lowest BCUT2D eigenvalue weighted by atomic mass is 10.1. The highest BCUT2D eigenvalue weighted by atomic mass is 16.5. The fourth-order valence-electron chi connectivity index (χ4n) is 2.27. The summed E-state index contributed by atoms with van der Waals surface area (Å²) in [5, 5.41) is 3.60. The minimum Gasteiger partial charge on any atom is -0.385 e. The van der Waals surface area contributed by atoms with Gasteiger partial charge in [0.25, 0.3) is 0 Å². The number of nitrogens with one attached hydrogen (secondary N) is 1. The van der Waals surface area contributed by atoms with Crippen molar-refractivity contribution >= 4 is 0 Å². The van der Waals surface area contributed by atoms with E-state index in [1.165, 1.54) is 24.0 Å². The molecule has 1 aliphatic rings. The molecule has 0 spiro atoms. The second kappa shape index (κ2) is 7.63. The van der Waals surface area contributed by atoms with E-state index in [1.807, 2.05) is 0 Å². The highest BCUT2D eigenvalue weighted by Crippen LogP contribution is 2.20. The molecule has 0 heterocycles. The number of hydrogen-bond acceptors (Lipinski definition) is 3. The van der Waals surface area contributed by atoms with Gasteiger partial charge in [0.1, 0.15) is 0 Å². The Balaban J connectivity index is 1.83. The van der Waals surface area contributed by atoms with Crippen molar-refractivity contribution in [3.63, 3.8) is 0 Å². The standard InChI is InChI=1S/C16H26N2O/c1-18(10-5-11-19-2)13-15-7-4-3-6-14(15)12-17-16-8-9-16/h3-4,6-7,16-17H,5,8-13H2,1-2H3. The predicted octanol–water partition coefficient (Wildman–Crippen LogP) is 2.41. The maximum absolute atomic E-state index is 5.10. The Morgan fingerprint density at radius 1 is 1.26 bits per heavy atom. The van der Waals surface area contributed by atoms with E-state index in [2.05, 4.69) is 41.5 Å². The highest BCUT2D eigenvalue weighted by molar-refractivity contribution is 5.27. The molecule has 3 heteroatoms. The van der Waals surface area contributed by atoms with Crippen molar-refractivity contribution in [2.24, 2.45) is 0 Å². The van der Waals surface area contributed by atoms with Gasteiger partial charge in [0.2, 0.25) is 0 Å². The average Bonchev–Trinajstić information content (AvgIpc) is 3.22. The van der Waals surface area contributed by atoms with Gasteiger partial charge in [-0.1, -0.05) is 24.3 Å². The van der Waals surface area contributed by atoms with Gasteiger partial charge in [-0.15, -0.1) is 0 Å². The van der Waals surface area contributed by atoms with Gasteiger partial charge in [-0.05, 0) is 37.4 Å². The van der Waals surface area contributed by atoms with Crippen LogP contribution in [0.3, 0.4) is 0 Å². The number of hydrogen-bond donors (Lipinski definition) is 1. The van der Waals surface area contributed by atoms with E-state index in [4.69, 9.17) is 4.74 Å². The Morgan fingerprint density at radius 3 is 2.68 bits per heavy atom. The van der Waals surface area contributed by atoms with Gasteiger partial charge in [0.05, 0.1) is 0 Å². The van der Waals surface area contributed by atoms with Gasteiger partial charge in [-0.2, -0.15) is 0 Å². The lowest BCUT2D eigenvalue weighted by Crippen LogP contribution is -2.22. The molecular weight excluding hydrogens is 236 g/mol. The number of benzene rings is 1. The minimum absolute atomic E-state index is 0.771. The van der Waals surface area contributed by atoms with Crippen molar-refractivity contribution in [1.29, 1.82) is 0 Å². The van der Waals surface area contributed by atoms with Crippen LogP contribution in [0.5, 0.6) is 0 Å². The van der Waals surface area contributed by atoms with Crippen molar-refractivity contribution in [3.8, 4) is 0 Å². The third-order valence-corrected chi connectivity index (χ3v) is 3.61. The van der Waals surface area contributed by atoms with Crippen molar-refractivity contribution in [3.05, 3.63) is 35.4 Å². The molecular formula is C16H26N2O. The molecule has 1 aromatic rings. The first-order valence-corrected chi connectivity index (χ1v) is 7.27. The van der Waals surface area contributed by atoms with Gasteiger partial charge in [0.15, 0.2) is 0 Å². The molecule has 1 N–H and O–H groups in total. The normalized spacial score (nSPS) is 15.1. The average molecular weight is 262 g/mol. The third-order valence-electron chi connectivity index (χ3n) is 3.61. The van der Waals surface area contributed by atoms with Crippen LogP contribution in [0.2, 0.25) is 0 Å². The van der Waals surface area contributed by atoms with E-state index < -0.39 is 0 Å². The molecule has 1 fully saturated rings. The first-order valence-electron chi connectivity index (χ1n) is 7.27. The zero-order chi connectivity index (χ0) is 13.5. The monoisotopic (exact) mass is 262 g/mol. The summed E-state index contributed by atoms with van der Waals surface area (Å²) < 4.78 is 5.10. The molecule has 0 aromatic heterocycles. The van der Waals surface area contributed by atoms with E-state index >= 15 is 0 Å².